The molecule has 0 unspecified atom stereocenters. The molecule has 0 atom stereocenters. The summed E-state index contributed by atoms with van der Waals surface area (Å²) in [5.41, 5.74) is 12.5. The maximum atomic E-state index is 7.45. The Bertz CT molecular complexity index is 1130. The highest BCUT2D eigenvalue weighted by molar-refractivity contribution is 7.18. The summed E-state index contributed by atoms with van der Waals surface area (Å²) in [5, 5.41) is 14.9. The molecule has 7 heteroatoms. The number of nitrogens with one attached hydrogen (secondary N) is 2. The Kier molecular flexibility index (Phi) is 4.13. The fraction of sp³-hybridized carbons (Fsp3) is 0. The van der Waals surface area contributed by atoms with Crippen LogP contribution in [0.2, 0.25) is 0 Å². The predicted molar refractivity (Wildman–Crippen MR) is 107 cm³/mol. The van der Waals surface area contributed by atoms with Gasteiger partial charge >= 0.3 is 0 Å². The van der Waals surface area contributed by atoms with E-state index in [4.69, 9.17) is 31.1 Å². The molecule has 1 aromatic carbocycles. The zero-order chi connectivity index (χ0) is 19.0. The number of benzene rings is 1. The van der Waals surface area contributed by atoms with Gasteiger partial charge in [-0.05, 0) is 36.4 Å². The van der Waals surface area contributed by atoms with Crippen molar-refractivity contribution in [2.75, 3.05) is 0 Å². The van der Waals surface area contributed by atoms with E-state index in [-0.39, 0.29) is 11.7 Å². The molecular formula is C20H16N4O2S. The summed E-state index contributed by atoms with van der Waals surface area (Å²) in [4.78, 5) is 1.90. The van der Waals surface area contributed by atoms with Gasteiger partial charge in [0.2, 0.25) is 0 Å². The second-order valence-electron chi connectivity index (χ2n) is 5.90. The molecule has 0 saturated carbocycles. The molecule has 0 saturated heterocycles. The van der Waals surface area contributed by atoms with Crippen molar-refractivity contribution < 1.29 is 8.83 Å². The molecule has 4 aromatic rings. The van der Waals surface area contributed by atoms with Crippen LogP contribution < -0.4 is 11.5 Å². The Morgan fingerprint density at radius 3 is 1.85 bits per heavy atom. The molecule has 0 spiro atoms. The number of hydrogen-bond donors (Lipinski definition) is 4. The maximum absolute atomic E-state index is 7.45. The van der Waals surface area contributed by atoms with Crippen LogP contribution in [0, 0.1) is 10.8 Å². The lowest BCUT2D eigenvalue weighted by atomic mass is 10.1. The van der Waals surface area contributed by atoms with Gasteiger partial charge in [0.25, 0.3) is 0 Å². The largest absolute Gasteiger partial charge is 0.455 e. The number of hydrogen-bond acceptors (Lipinski definition) is 5. The first-order valence-corrected chi connectivity index (χ1v) is 8.92. The second kappa shape index (κ2) is 6.62. The van der Waals surface area contributed by atoms with Crippen LogP contribution in [0.1, 0.15) is 11.3 Å². The van der Waals surface area contributed by atoms with Crippen molar-refractivity contribution in [1.82, 2.24) is 0 Å². The maximum Gasteiger partial charge on any atom is 0.169 e. The first-order valence-electron chi connectivity index (χ1n) is 8.11. The molecule has 0 aliphatic carbocycles. The smallest absolute Gasteiger partial charge is 0.169 e. The fourth-order valence-electron chi connectivity index (χ4n) is 2.66. The van der Waals surface area contributed by atoms with Gasteiger partial charge in [-0.2, -0.15) is 0 Å². The minimum Gasteiger partial charge on any atom is -0.455 e. The number of furan rings is 2. The topological polar surface area (TPSA) is 126 Å². The van der Waals surface area contributed by atoms with Gasteiger partial charge in [0.1, 0.15) is 23.1 Å². The van der Waals surface area contributed by atoms with Crippen LogP contribution in [0.4, 0.5) is 0 Å². The second-order valence-corrected chi connectivity index (χ2v) is 6.98. The monoisotopic (exact) mass is 376 g/mol. The number of nitrogen functional groups attached to an aromatic ring is 2. The van der Waals surface area contributed by atoms with E-state index in [1.165, 1.54) is 11.3 Å². The first-order chi connectivity index (χ1) is 13.0. The molecule has 134 valence electrons. The molecule has 6 nitrogen and oxygen atoms in total. The summed E-state index contributed by atoms with van der Waals surface area (Å²) in [6.45, 7) is 0. The van der Waals surface area contributed by atoms with Crippen molar-refractivity contribution in [1.29, 1.82) is 10.8 Å². The quantitative estimate of drug-likeness (QED) is 0.302. The molecule has 27 heavy (non-hydrogen) atoms. The molecule has 0 radical (unpaired) electrons. The van der Waals surface area contributed by atoms with Gasteiger partial charge in [0.15, 0.2) is 11.6 Å². The van der Waals surface area contributed by atoms with E-state index in [0.29, 0.717) is 17.1 Å². The third kappa shape index (κ3) is 3.28. The zero-order valence-corrected chi connectivity index (χ0v) is 15.0. The molecule has 0 bridgehead atoms. The van der Waals surface area contributed by atoms with Gasteiger partial charge in [-0.3, -0.25) is 10.8 Å². The van der Waals surface area contributed by atoms with Crippen LogP contribution in [-0.2, 0) is 0 Å². The summed E-state index contributed by atoms with van der Waals surface area (Å²) in [6, 6.07) is 18.6. The minimum atomic E-state index is -0.0931. The van der Waals surface area contributed by atoms with Crippen molar-refractivity contribution >= 4 is 23.0 Å². The van der Waals surface area contributed by atoms with Crippen molar-refractivity contribution in [3.8, 4) is 32.6 Å². The highest BCUT2D eigenvalue weighted by Crippen LogP contribution is 2.37. The summed E-state index contributed by atoms with van der Waals surface area (Å²) in [5.74, 6) is 2.47. The van der Waals surface area contributed by atoms with Crippen molar-refractivity contribution in [2.24, 2.45) is 11.5 Å². The number of nitrogens with two attached hydrogens (primary N) is 2. The Hall–Kier alpha value is -3.58. The molecule has 3 aromatic heterocycles. The van der Waals surface area contributed by atoms with Crippen LogP contribution in [-0.4, -0.2) is 11.7 Å². The Balaban J connectivity index is 1.59. The lowest BCUT2D eigenvalue weighted by Gasteiger charge is -2.00. The Morgan fingerprint density at radius 2 is 1.26 bits per heavy atom. The van der Waals surface area contributed by atoms with E-state index >= 15 is 0 Å². The predicted octanol–water partition coefficient (Wildman–Crippen LogP) is 4.50. The van der Waals surface area contributed by atoms with E-state index in [1.54, 1.807) is 24.3 Å². The number of amidine groups is 2. The Labute approximate surface area is 159 Å². The van der Waals surface area contributed by atoms with Crippen molar-refractivity contribution in [3.05, 3.63) is 72.0 Å². The molecule has 0 amide bonds. The third-order valence-corrected chi connectivity index (χ3v) is 5.16. The normalized spacial score (nSPS) is 10.8. The third-order valence-electron chi connectivity index (χ3n) is 4.05. The highest BCUT2D eigenvalue weighted by Gasteiger charge is 2.13. The van der Waals surface area contributed by atoms with E-state index in [1.807, 2.05) is 36.4 Å². The minimum absolute atomic E-state index is 0.0404. The lowest BCUT2D eigenvalue weighted by Crippen LogP contribution is -2.10. The van der Waals surface area contributed by atoms with Gasteiger partial charge in [-0.15, -0.1) is 11.3 Å². The average molecular weight is 376 g/mol. The van der Waals surface area contributed by atoms with Gasteiger partial charge in [0.05, 0.1) is 9.75 Å². The van der Waals surface area contributed by atoms with Crippen LogP contribution >= 0.6 is 11.3 Å². The van der Waals surface area contributed by atoms with Gasteiger partial charge in [-0.25, -0.2) is 0 Å². The fourth-order valence-corrected chi connectivity index (χ4v) is 3.59. The summed E-state index contributed by atoms with van der Waals surface area (Å²) in [6.07, 6.45) is 0. The molecule has 0 aliphatic rings. The van der Waals surface area contributed by atoms with Crippen LogP contribution in [0.15, 0.2) is 69.5 Å². The van der Waals surface area contributed by atoms with Crippen molar-refractivity contribution in [2.45, 2.75) is 0 Å². The molecular weight excluding hydrogens is 360 g/mol. The SMILES string of the molecule is N=C(N)c1ccc(-c2ccc(-c3ccc(-c4ccc(C(=N)N)o4)s3)o2)cc1. The van der Waals surface area contributed by atoms with Crippen molar-refractivity contribution in [3.63, 3.8) is 0 Å². The summed E-state index contributed by atoms with van der Waals surface area (Å²) in [7, 11) is 0. The van der Waals surface area contributed by atoms with Gasteiger partial charge in [0, 0.05) is 11.1 Å². The van der Waals surface area contributed by atoms with Crippen LogP contribution in [0.3, 0.4) is 0 Å². The van der Waals surface area contributed by atoms with Crippen LogP contribution in [0.5, 0.6) is 0 Å². The van der Waals surface area contributed by atoms with Gasteiger partial charge in [-0.1, -0.05) is 24.3 Å². The Morgan fingerprint density at radius 1 is 0.667 bits per heavy atom. The number of rotatable bonds is 5. The van der Waals surface area contributed by atoms with E-state index < -0.39 is 0 Å². The zero-order valence-electron chi connectivity index (χ0n) is 14.2. The van der Waals surface area contributed by atoms with E-state index in [0.717, 1.165) is 26.8 Å². The summed E-state index contributed by atoms with van der Waals surface area (Å²) >= 11 is 1.54. The van der Waals surface area contributed by atoms with E-state index in [9.17, 15) is 0 Å². The summed E-state index contributed by atoms with van der Waals surface area (Å²) < 4.78 is 11.6. The average Bonchev–Trinajstić information content (AvgIpc) is 3.40. The molecule has 0 aliphatic heterocycles. The van der Waals surface area contributed by atoms with E-state index in [2.05, 4.69) is 0 Å². The molecule has 0 fully saturated rings. The highest BCUT2D eigenvalue weighted by atomic mass is 32.1. The van der Waals surface area contributed by atoms with Gasteiger partial charge < -0.3 is 20.3 Å². The standard InChI is InChI=1S/C20H16N4O2S/c21-19(22)12-3-1-11(2-4-12)13-5-6-14(25-13)17-9-10-18(27-17)15-7-8-16(26-15)20(23)24/h1-10H,(H3,21,22)(H3,23,24). The molecule has 6 N–H and O–H groups in total. The number of thiophene rings is 1. The van der Waals surface area contributed by atoms with Crippen LogP contribution in [0.25, 0.3) is 32.6 Å². The first kappa shape index (κ1) is 16.9. The lowest BCUT2D eigenvalue weighted by molar-refractivity contribution is 0.572. The molecule has 4 rings (SSSR count). The molecule has 3 heterocycles.